The predicted octanol–water partition coefficient (Wildman–Crippen LogP) is 2.65. The average molecular weight is 313 g/mol. The maximum Gasteiger partial charge on any atom is 0.255 e. The molecule has 2 aromatic carbocycles. The Morgan fingerprint density at radius 1 is 1.09 bits per heavy atom. The van der Waals surface area contributed by atoms with Crippen LogP contribution in [0.4, 0.5) is 4.39 Å². The highest BCUT2D eigenvalue weighted by Crippen LogP contribution is 2.16. The molecule has 0 radical (unpaired) electrons. The number of carbonyl (C=O) groups excluding carboxylic acids is 1. The third-order valence-electron chi connectivity index (χ3n) is 2.95. The lowest BCUT2D eigenvalue weighted by molar-refractivity contribution is 0.0955. The summed E-state index contributed by atoms with van der Waals surface area (Å²) in [6.07, 6.45) is 0. The number of rotatable bonds is 5. The third-order valence-corrected chi connectivity index (χ3v) is 2.95. The van der Waals surface area contributed by atoms with Crippen LogP contribution in [-0.2, 0) is 0 Å². The summed E-state index contributed by atoms with van der Waals surface area (Å²) < 4.78 is 23.6. The Labute approximate surface area is 134 Å². The first-order valence-corrected chi connectivity index (χ1v) is 6.96. The van der Waals surface area contributed by atoms with Crippen molar-refractivity contribution < 1.29 is 18.7 Å². The molecule has 0 spiro atoms. The topological polar surface area (TPSA) is 47.6 Å². The van der Waals surface area contributed by atoms with Crippen LogP contribution in [0.15, 0.2) is 48.5 Å². The van der Waals surface area contributed by atoms with E-state index >= 15 is 0 Å². The molecule has 0 unspecified atom stereocenters. The summed E-state index contributed by atoms with van der Waals surface area (Å²) in [7, 11) is 1.51. The first kappa shape index (κ1) is 16.4. The highest BCUT2D eigenvalue weighted by molar-refractivity contribution is 5.97. The number of benzene rings is 2. The number of hydrogen-bond acceptors (Lipinski definition) is 3. The minimum atomic E-state index is -0.432. The van der Waals surface area contributed by atoms with E-state index in [2.05, 4.69) is 17.2 Å². The van der Waals surface area contributed by atoms with Crippen LogP contribution in [0.5, 0.6) is 11.5 Å². The Morgan fingerprint density at radius 3 is 2.52 bits per heavy atom. The molecule has 0 saturated carbocycles. The van der Waals surface area contributed by atoms with E-state index in [-0.39, 0.29) is 24.8 Å². The van der Waals surface area contributed by atoms with E-state index < -0.39 is 5.82 Å². The van der Waals surface area contributed by atoms with Crippen LogP contribution in [0, 0.1) is 17.7 Å². The quantitative estimate of drug-likeness (QED) is 0.863. The Hall–Kier alpha value is -3.00. The molecule has 0 fully saturated rings. The van der Waals surface area contributed by atoms with Crippen molar-refractivity contribution in [1.29, 1.82) is 0 Å². The predicted molar refractivity (Wildman–Crippen MR) is 85.0 cm³/mol. The minimum absolute atomic E-state index is 0.0471. The molecule has 0 saturated heterocycles. The van der Waals surface area contributed by atoms with Gasteiger partial charge in [-0.2, -0.15) is 0 Å². The van der Waals surface area contributed by atoms with Gasteiger partial charge in [0.05, 0.1) is 19.2 Å². The van der Waals surface area contributed by atoms with Gasteiger partial charge in [0, 0.05) is 0 Å². The fourth-order valence-corrected chi connectivity index (χ4v) is 1.84. The van der Waals surface area contributed by atoms with Gasteiger partial charge in [-0.1, -0.05) is 36.1 Å². The summed E-state index contributed by atoms with van der Waals surface area (Å²) in [5.41, 5.74) is 0.444. The second-order valence-corrected chi connectivity index (χ2v) is 4.46. The molecule has 4 nitrogen and oxygen atoms in total. The van der Waals surface area contributed by atoms with Crippen molar-refractivity contribution >= 4 is 5.91 Å². The zero-order valence-corrected chi connectivity index (χ0v) is 12.6. The van der Waals surface area contributed by atoms with Crippen LogP contribution in [0.2, 0.25) is 0 Å². The third kappa shape index (κ3) is 4.75. The largest absolute Gasteiger partial charge is 0.496 e. The molecule has 118 valence electrons. The van der Waals surface area contributed by atoms with Crippen molar-refractivity contribution in [2.75, 3.05) is 20.3 Å². The van der Waals surface area contributed by atoms with Crippen LogP contribution >= 0.6 is 0 Å². The molecule has 1 amide bonds. The number of nitrogens with one attached hydrogen (secondary N) is 1. The molecule has 5 heteroatoms. The molecule has 23 heavy (non-hydrogen) atoms. The van der Waals surface area contributed by atoms with Crippen molar-refractivity contribution in [2.24, 2.45) is 0 Å². The van der Waals surface area contributed by atoms with Crippen LogP contribution in [0.1, 0.15) is 10.4 Å². The van der Waals surface area contributed by atoms with Crippen molar-refractivity contribution in [3.63, 3.8) is 0 Å². The Kier molecular flexibility index (Phi) is 6.01. The molecule has 0 aliphatic heterocycles. The zero-order chi connectivity index (χ0) is 16.5. The molecule has 0 aliphatic carbocycles. The minimum Gasteiger partial charge on any atom is -0.496 e. The van der Waals surface area contributed by atoms with E-state index in [0.717, 1.165) is 0 Å². The Morgan fingerprint density at radius 2 is 1.78 bits per heavy atom. The second-order valence-electron chi connectivity index (χ2n) is 4.46. The van der Waals surface area contributed by atoms with Gasteiger partial charge in [-0.15, -0.1) is 0 Å². The van der Waals surface area contributed by atoms with Gasteiger partial charge >= 0.3 is 0 Å². The van der Waals surface area contributed by atoms with Gasteiger partial charge in [0.2, 0.25) is 0 Å². The van der Waals surface area contributed by atoms with Crippen molar-refractivity contribution in [2.45, 2.75) is 0 Å². The summed E-state index contributed by atoms with van der Waals surface area (Å²) in [5, 5.41) is 2.66. The summed E-state index contributed by atoms with van der Waals surface area (Å²) in [4.78, 5) is 12.0. The summed E-state index contributed by atoms with van der Waals surface area (Å²) in [6, 6.07) is 13.0. The second kappa shape index (κ2) is 8.44. The standard InChI is InChI=1S/C18H16FNO3/c1-22-16-10-4-2-8-14(16)18(21)20-12-6-7-13-23-17-11-5-3-9-15(17)19/h2-5,8-11H,12-13H2,1H3,(H,20,21). The van der Waals surface area contributed by atoms with E-state index in [9.17, 15) is 9.18 Å². The Bertz CT molecular complexity index is 734. The number of carbonyl (C=O) groups is 1. The van der Waals surface area contributed by atoms with Gasteiger partial charge in [0.15, 0.2) is 11.6 Å². The average Bonchev–Trinajstić information content (AvgIpc) is 2.59. The monoisotopic (exact) mass is 313 g/mol. The van der Waals surface area contributed by atoms with Crippen molar-refractivity contribution in [1.82, 2.24) is 5.32 Å². The number of para-hydroxylation sites is 2. The SMILES string of the molecule is COc1ccccc1C(=O)NCC#CCOc1ccccc1F. The van der Waals surface area contributed by atoms with Crippen LogP contribution in [-0.4, -0.2) is 26.2 Å². The smallest absolute Gasteiger partial charge is 0.255 e. The lowest BCUT2D eigenvalue weighted by atomic mass is 10.2. The van der Waals surface area contributed by atoms with Crippen LogP contribution < -0.4 is 14.8 Å². The maximum atomic E-state index is 13.3. The highest BCUT2D eigenvalue weighted by Gasteiger charge is 2.09. The van der Waals surface area contributed by atoms with E-state index in [1.54, 1.807) is 36.4 Å². The van der Waals surface area contributed by atoms with Gasteiger partial charge < -0.3 is 14.8 Å². The molecule has 0 aliphatic rings. The fourth-order valence-electron chi connectivity index (χ4n) is 1.84. The molecule has 0 bridgehead atoms. The number of ether oxygens (including phenoxy) is 2. The van der Waals surface area contributed by atoms with Crippen molar-refractivity contribution in [3.8, 4) is 23.3 Å². The number of methoxy groups -OCH3 is 1. The molecule has 2 rings (SSSR count). The number of halogens is 1. The van der Waals surface area contributed by atoms with Gasteiger partial charge in [-0.3, -0.25) is 4.79 Å². The number of hydrogen-bond donors (Lipinski definition) is 1. The molecule has 0 atom stereocenters. The van der Waals surface area contributed by atoms with Gasteiger partial charge in [0.1, 0.15) is 12.4 Å². The van der Waals surface area contributed by atoms with Gasteiger partial charge in [-0.05, 0) is 24.3 Å². The van der Waals surface area contributed by atoms with Crippen molar-refractivity contribution in [3.05, 3.63) is 59.9 Å². The van der Waals surface area contributed by atoms with Gasteiger partial charge in [0.25, 0.3) is 5.91 Å². The maximum absolute atomic E-state index is 13.3. The molecular formula is C18H16FNO3. The van der Waals surface area contributed by atoms with E-state index in [1.165, 1.54) is 19.2 Å². The van der Waals surface area contributed by atoms with Gasteiger partial charge in [-0.25, -0.2) is 4.39 Å². The molecular weight excluding hydrogens is 297 g/mol. The zero-order valence-electron chi connectivity index (χ0n) is 12.6. The first-order valence-electron chi connectivity index (χ1n) is 6.96. The first-order chi connectivity index (χ1) is 11.2. The van der Waals surface area contributed by atoms with E-state index in [4.69, 9.17) is 9.47 Å². The normalized spacial score (nSPS) is 9.48. The summed E-state index contributed by atoms with van der Waals surface area (Å²) in [6.45, 7) is 0.211. The molecule has 0 heterocycles. The van der Waals surface area contributed by atoms with Crippen LogP contribution in [0.25, 0.3) is 0 Å². The molecule has 2 aromatic rings. The Balaban J connectivity index is 1.79. The lowest BCUT2D eigenvalue weighted by Crippen LogP contribution is -2.24. The summed E-state index contributed by atoms with van der Waals surface area (Å²) in [5.74, 6) is 5.40. The highest BCUT2D eigenvalue weighted by atomic mass is 19.1. The van der Waals surface area contributed by atoms with Crippen LogP contribution in [0.3, 0.4) is 0 Å². The lowest BCUT2D eigenvalue weighted by Gasteiger charge is -2.06. The fraction of sp³-hybridized carbons (Fsp3) is 0.167. The molecule has 0 aromatic heterocycles. The molecule has 1 N–H and O–H groups in total. The summed E-state index contributed by atoms with van der Waals surface area (Å²) >= 11 is 0. The van der Waals surface area contributed by atoms with E-state index in [0.29, 0.717) is 11.3 Å². The number of amides is 1. The van der Waals surface area contributed by atoms with E-state index in [1.807, 2.05) is 0 Å².